The SMILES string of the molecule is COC(=O)c1cccc(NC(=O)c2cn(-c3ccccc3)nc2-c2ccc(OC)cc2)c1. The Morgan fingerprint density at radius 1 is 0.906 bits per heavy atom. The number of esters is 1. The molecular weight excluding hydrogens is 406 g/mol. The van der Waals surface area contributed by atoms with Crippen molar-refractivity contribution in [1.29, 1.82) is 0 Å². The Balaban J connectivity index is 1.72. The molecule has 0 spiro atoms. The van der Waals surface area contributed by atoms with Crippen LogP contribution in [0.3, 0.4) is 0 Å². The molecule has 3 aromatic carbocycles. The highest BCUT2D eigenvalue weighted by atomic mass is 16.5. The summed E-state index contributed by atoms with van der Waals surface area (Å²) in [5.41, 5.74) is 3.34. The van der Waals surface area contributed by atoms with Crippen molar-refractivity contribution in [3.05, 3.63) is 96.2 Å². The molecule has 0 bridgehead atoms. The Hall–Kier alpha value is -4.39. The lowest BCUT2D eigenvalue weighted by molar-refractivity contribution is 0.0600. The molecule has 0 saturated heterocycles. The van der Waals surface area contributed by atoms with Gasteiger partial charge in [-0.05, 0) is 54.6 Å². The Bertz CT molecular complexity index is 1250. The summed E-state index contributed by atoms with van der Waals surface area (Å²) in [5.74, 6) is -0.112. The Kier molecular flexibility index (Phi) is 5.98. The number of ether oxygens (including phenoxy) is 2. The van der Waals surface area contributed by atoms with Gasteiger partial charge in [0.15, 0.2) is 0 Å². The second-order valence-corrected chi connectivity index (χ2v) is 6.93. The number of carbonyl (C=O) groups is 2. The molecule has 0 aliphatic heterocycles. The lowest BCUT2D eigenvalue weighted by Gasteiger charge is -2.07. The molecule has 0 aliphatic carbocycles. The van der Waals surface area contributed by atoms with Crippen LogP contribution in [0.15, 0.2) is 85.1 Å². The van der Waals surface area contributed by atoms with E-state index in [1.165, 1.54) is 7.11 Å². The average Bonchev–Trinajstić information content (AvgIpc) is 3.30. The standard InChI is InChI=1S/C25H21N3O4/c1-31-21-13-11-17(12-14-21)23-22(16-28(27-23)20-9-4-3-5-10-20)24(29)26-19-8-6-7-18(15-19)25(30)32-2/h3-16H,1-2H3,(H,26,29). The van der Waals surface area contributed by atoms with E-state index in [0.29, 0.717) is 28.3 Å². The largest absolute Gasteiger partial charge is 0.497 e. The van der Waals surface area contributed by atoms with Gasteiger partial charge >= 0.3 is 5.97 Å². The lowest BCUT2D eigenvalue weighted by atomic mass is 10.1. The molecule has 0 aliphatic rings. The second kappa shape index (κ2) is 9.18. The van der Waals surface area contributed by atoms with Crippen molar-refractivity contribution in [3.8, 4) is 22.7 Å². The van der Waals surface area contributed by atoms with Gasteiger partial charge in [-0.3, -0.25) is 4.79 Å². The van der Waals surface area contributed by atoms with E-state index in [1.807, 2.05) is 54.6 Å². The summed E-state index contributed by atoms with van der Waals surface area (Å²) in [7, 11) is 2.91. The minimum atomic E-state index is -0.475. The normalized spacial score (nSPS) is 10.4. The van der Waals surface area contributed by atoms with Crippen molar-refractivity contribution < 1.29 is 19.1 Å². The first kappa shape index (κ1) is 20.9. The molecule has 160 valence electrons. The van der Waals surface area contributed by atoms with Gasteiger partial charge in [0.25, 0.3) is 5.91 Å². The Morgan fingerprint density at radius 3 is 2.34 bits per heavy atom. The number of anilines is 1. The molecule has 1 heterocycles. The topological polar surface area (TPSA) is 82.5 Å². The average molecular weight is 427 g/mol. The van der Waals surface area contributed by atoms with Crippen LogP contribution in [-0.4, -0.2) is 35.9 Å². The fourth-order valence-electron chi connectivity index (χ4n) is 3.26. The van der Waals surface area contributed by atoms with E-state index < -0.39 is 5.97 Å². The molecule has 7 nitrogen and oxygen atoms in total. The zero-order valence-corrected chi connectivity index (χ0v) is 17.6. The maximum atomic E-state index is 13.2. The van der Waals surface area contributed by atoms with Crippen molar-refractivity contribution in [3.63, 3.8) is 0 Å². The van der Waals surface area contributed by atoms with Gasteiger partial charge in [0.2, 0.25) is 0 Å². The van der Waals surface area contributed by atoms with Gasteiger partial charge in [-0.15, -0.1) is 0 Å². The molecule has 0 radical (unpaired) electrons. The van der Waals surface area contributed by atoms with E-state index in [4.69, 9.17) is 9.47 Å². The molecular formula is C25H21N3O4. The molecule has 0 saturated carbocycles. The summed E-state index contributed by atoms with van der Waals surface area (Å²) in [6.07, 6.45) is 1.69. The number of nitrogens with zero attached hydrogens (tertiary/aromatic N) is 2. The first-order valence-electron chi connectivity index (χ1n) is 9.88. The zero-order chi connectivity index (χ0) is 22.5. The fourth-order valence-corrected chi connectivity index (χ4v) is 3.26. The number of para-hydroxylation sites is 1. The summed E-state index contributed by atoms with van der Waals surface area (Å²) < 4.78 is 11.7. The van der Waals surface area contributed by atoms with Gasteiger partial charge in [-0.2, -0.15) is 5.10 Å². The fraction of sp³-hybridized carbons (Fsp3) is 0.0800. The maximum absolute atomic E-state index is 13.2. The van der Waals surface area contributed by atoms with E-state index in [2.05, 4.69) is 10.4 Å². The number of hydrogen-bond acceptors (Lipinski definition) is 5. The molecule has 0 fully saturated rings. The lowest BCUT2D eigenvalue weighted by Crippen LogP contribution is -2.13. The van der Waals surface area contributed by atoms with Crippen LogP contribution in [0.25, 0.3) is 16.9 Å². The van der Waals surface area contributed by atoms with Gasteiger partial charge < -0.3 is 14.8 Å². The molecule has 1 aromatic heterocycles. The van der Waals surface area contributed by atoms with E-state index in [1.54, 1.807) is 42.3 Å². The second-order valence-electron chi connectivity index (χ2n) is 6.93. The monoisotopic (exact) mass is 427 g/mol. The highest BCUT2D eigenvalue weighted by molar-refractivity contribution is 6.08. The third kappa shape index (κ3) is 4.37. The van der Waals surface area contributed by atoms with Crippen LogP contribution < -0.4 is 10.1 Å². The summed E-state index contributed by atoms with van der Waals surface area (Å²) in [4.78, 5) is 25.0. The number of hydrogen-bond donors (Lipinski definition) is 1. The minimum Gasteiger partial charge on any atom is -0.497 e. The molecule has 7 heteroatoms. The Morgan fingerprint density at radius 2 is 1.66 bits per heavy atom. The first-order valence-corrected chi connectivity index (χ1v) is 9.88. The number of carbonyl (C=O) groups excluding carboxylic acids is 2. The van der Waals surface area contributed by atoms with Crippen molar-refractivity contribution in [1.82, 2.24) is 9.78 Å². The van der Waals surface area contributed by atoms with Gasteiger partial charge in [0.05, 0.1) is 31.0 Å². The zero-order valence-electron chi connectivity index (χ0n) is 17.6. The van der Waals surface area contributed by atoms with Crippen LogP contribution in [-0.2, 0) is 4.74 Å². The first-order chi connectivity index (χ1) is 15.6. The number of amides is 1. The van der Waals surface area contributed by atoms with Crippen molar-refractivity contribution in [2.45, 2.75) is 0 Å². The van der Waals surface area contributed by atoms with E-state index in [0.717, 1.165) is 11.3 Å². The van der Waals surface area contributed by atoms with Crippen LogP contribution in [0, 0.1) is 0 Å². The van der Waals surface area contributed by atoms with E-state index in [-0.39, 0.29) is 5.91 Å². The minimum absolute atomic E-state index is 0.347. The number of benzene rings is 3. The van der Waals surface area contributed by atoms with Crippen molar-refractivity contribution in [2.75, 3.05) is 19.5 Å². The van der Waals surface area contributed by atoms with Gasteiger partial charge in [0.1, 0.15) is 11.4 Å². The molecule has 4 rings (SSSR count). The quantitative estimate of drug-likeness (QED) is 0.455. The predicted octanol–water partition coefficient (Wildman–Crippen LogP) is 4.59. The number of methoxy groups -OCH3 is 2. The highest BCUT2D eigenvalue weighted by Gasteiger charge is 2.19. The summed E-state index contributed by atoms with van der Waals surface area (Å²) >= 11 is 0. The number of rotatable bonds is 6. The van der Waals surface area contributed by atoms with Crippen LogP contribution in [0.1, 0.15) is 20.7 Å². The summed E-state index contributed by atoms with van der Waals surface area (Å²) in [6, 6.07) is 23.5. The summed E-state index contributed by atoms with van der Waals surface area (Å²) in [5, 5.41) is 7.52. The smallest absolute Gasteiger partial charge is 0.337 e. The van der Waals surface area contributed by atoms with Crippen molar-refractivity contribution in [2.24, 2.45) is 0 Å². The van der Waals surface area contributed by atoms with Gasteiger partial charge in [-0.25, -0.2) is 9.48 Å². The van der Waals surface area contributed by atoms with Gasteiger partial charge in [0, 0.05) is 17.4 Å². The van der Waals surface area contributed by atoms with Crippen LogP contribution in [0.5, 0.6) is 5.75 Å². The maximum Gasteiger partial charge on any atom is 0.337 e. The third-order valence-electron chi connectivity index (χ3n) is 4.88. The van der Waals surface area contributed by atoms with Crippen molar-refractivity contribution >= 4 is 17.6 Å². The molecule has 4 aromatic rings. The molecule has 0 unspecified atom stereocenters. The number of nitrogens with one attached hydrogen (secondary N) is 1. The molecule has 1 N–H and O–H groups in total. The van der Waals surface area contributed by atoms with Crippen LogP contribution in [0.2, 0.25) is 0 Å². The summed E-state index contributed by atoms with van der Waals surface area (Å²) in [6.45, 7) is 0. The Labute approximate surface area is 185 Å². The predicted molar refractivity (Wildman–Crippen MR) is 121 cm³/mol. The van der Waals surface area contributed by atoms with Gasteiger partial charge in [-0.1, -0.05) is 24.3 Å². The molecule has 0 atom stereocenters. The highest BCUT2D eigenvalue weighted by Crippen LogP contribution is 2.27. The molecule has 32 heavy (non-hydrogen) atoms. The van der Waals surface area contributed by atoms with E-state index >= 15 is 0 Å². The van der Waals surface area contributed by atoms with Crippen LogP contribution in [0.4, 0.5) is 5.69 Å². The van der Waals surface area contributed by atoms with E-state index in [9.17, 15) is 9.59 Å². The molecule has 1 amide bonds. The van der Waals surface area contributed by atoms with Crippen LogP contribution >= 0.6 is 0 Å². The third-order valence-corrected chi connectivity index (χ3v) is 4.88. The number of aromatic nitrogens is 2.